The Kier molecular flexibility index (Phi) is 5.16. The molecule has 1 amide bonds. The maximum atomic E-state index is 13.4. The zero-order chi connectivity index (χ0) is 21.4. The smallest absolute Gasteiger partial charge is 0.255 e. The van der Waals surface area contributed by atoms with Gasteiger partial charge >= 0.3 is 0 Å². The Labute approximate surface area is 186 Å². The third-order valence-corrected chi connectivity index (χ3v) is 6.52. The first kappa shape index (κ1) is 19.7. The number of thioether (sulfide) groups is 1. The lowest BCUT2D eigenvalue weighted by Crippen LogP contribution is -2.27. The minimum absolute atomic E-state index is 0.0647. The van der Waals surface area contributed by atoms with Crippen LogP contribution in [-0.2, 0) is 13.1 Å². The lowest BCUT2D eigenvalue weighted by molar-refractivity contribution is 0.0745. The zero-order valence-corrected chi connectivity index (χ0v) is 18.5. The van der Waals surface area contributed by atoms with Crippen LogP contribution >= 0.6 is 11.8 Å². The third-order valence-electron chi connectivity index (χ3n) is 5.56. The highest BCUT2D eigenvalue weighted by Crippen LogP contribution is 2.33. The van der Waals surface area contributed by atoms with Gasteiger partial charge < -0.3 is 9.47 Å². The van der Waals surface area contributed by atoms with Crippen LogP contribution in [0.1, 0.15) is 34.1 Å². The van der Waals surface area contributed by atoms with Gasteiger partial charge in [-0.2, -0.15) is 5.10 Å². The number of carbonyl (C=O) groups is 1. The number of hydrogen-bond acceptors (Lipinski definition) is 3. The van der Waals surface area contributed by atoms with Crippen LogP contribution < -0.4 is 0 Å². The summed E-state index contributed by atoms with van der Waals surface area (Å²) in [4.78, 5) is 16.3. The minimum Gasteiger partial charge on any atom is -0.328 e. The van der Waals surface area contributed by atoms with E-state index in [0.29, 0.717) is 13.1 Å². The van der Waals surface area contributed by atoms with Gasteiger partial charge in [0.1, 0.15) is 5.82 Å². The van der Waals surface area contributed by atoms with Crippen LogP contribution in [0.25, 0.3) is 11.5 Å². The predicted molar refractivity (Wildman–Crippen MR) is 124 cm³/mol. The van der Waals surface area contributed by atoms with Gasteiger partial charge in [-0.1, -0.05) is 36.8 Å². The normalized spacial score (nSPS) is 12.9. The Balaban J connectivity index is 1.52. The van der Waals surface area contributed by atoms with Crippen LogP contribution in [0, 0.1) is 6.92 Å². The Morgan fingerprint density at radius 2 is 1.74 bits per heavy atom. The fourth-order valence-electron chi connectivity index (χ4n) is 4.05. The summed E-state index contributed by atoms with van der Waals surface area (Å²) >= 11 is 1.71. The van der Waals surface area contributed by atoms with E-state index in [4.69, 9.17) is 5.10 Å². The number of fused-ring (bicyclic) bond motifs is 1. The molecule has 0 saturated heterocycles. The number of aromatic nitrogens is 3. The molecule has 6 heteroatoms. The number of hydrogen-bond donors (Lipinski definition) is 0. The van der Waals surface area contributed by atoms with Crippen molar-refractivity contribution in [3.63, 3.8) is 0 Å². The molecule has 0 radical (unpaired) electrons. The summed E-state index contributed by atoms with van der Waals surface area (Å²) in [6.07, 6.45) is 4.05. The van der Waals surface area contributed by atoms with E-state index in [1.165, 1.54) is 5.56 Å². The Hall–Kier alpha value is -3.25. The van der Waals surface area contributed by atoms with Crippen molar-refractivity contribution in [2.24, 2.45) is 0 Å². The van der Waals surface area contributed by atoms with E-state index in [2.05, 4.69) is 42.7 Å². The maximum absolute atomic E-state index is 13.4. The van der Waals surface area contributed by atoms with Gasteiger partial charge in [0.25, 0.3) is 5.91 Å². The second-order valence-corrected chi connectivity index (χ2v) is 8.98. The van der Waals surface area contributed by atoms with Gasteiger partial charge in [-0.15, -0.1) is 11.8 Å². The van der Waals surface area contributed by atoms with Crippen LogP contribution in [0.2, 0.25) is 0 Å². The zero-order valence-electron chi connectivity index (χ0n) is 17.7. The fraction of sp³-hybridized carbons (Fsp3) is 0.200. The predicted octanol–water partition coefficient (Wildman–Crippen LogP) is 5.24. The maximum Gasteiger partial charge on any atom is 0.255 e. The van der Waals surface area contributed by atoms with Gasteiger partial charge in [0.15, 0.2) is 0 Å². The summed E-state index contributed by atoms with van der Waals surface area (Å²) in [6.45, 7) is 5.26. The third kappa shape index (κ3) is 3.57. The summed E-state index contributed by atoms with van der Waals surface area (Å²) in [7, 11) is 0. The van der Waals surface area contributed by atoms with Crippen LogP contribution in [0.15, 0.2) is 78.0 Å². The molecule has 0 atom stereocenters. The van der Waals surface area contributed by atoms with Crippen molar-refractivity contribution in [3.05, 3.63) is 95.4 Å². The molecule has 0 bridgehead atoms. The van der Waals surface area contributed by atoms with E-state index in [1.807, 2.05) is 58.4 Å². The van der Waals surface area contributed by atoms with Gasteiger partial charge in [-0.3, -0.25) is 4.79 Å². The van der Waals surface area contributed by atoms with Crippen molar-refractivity contribution < 1.29 is 4.79 Å². The number of nitrogens with zero attached hydrogens (tertiary/aromatic N) is 4. The highest BCUT2D eigenvalue weighted by Gasteiger charge is 2.32. The first-order valence-corrected chi connectivity index (χ1v) is 11.5. The molecule has 0 spiro atoms. The molecule has 1 aliphatic heterocycles. The molecule has 31 heavy (non-hydrogen) atoms. The van der Waals surface area contributed by atoms with Crippen molar-refractivity contribution in [1.29, 1.82) is 0 Å². The molecule has 5 nitrogen and oxygen atoms in total. The van der Waals surface area contributed by atoms with E-state index in [-0.39, 0.29) is 5.91 Å². The van der Waals surface area contributed by atoms with Crippen LogP contribution in [-0.4, -0.2) is 30.9 Å². The molecule has 156 valence electrons. The lowest BCUT2D eigenvalue weighted by Gasteiger charge is -2.19. The summed E-state index contributed by atoms with van der Waals surface area (Å²) in [5.74, 6) is 2.00. The first-order valence-electron chi connectivity index (χ1n) is 10.5. The largest absolute Gasteiger partial charge is 0.328 e. The Bertz CT molecular complexity index is 1230. The van der Waals surface area contributed by atoms with Gasteiger partial charge in [-0.05, 0) is 49.1 Å². The van der Waals surface area contributed by atoms with E-state index < -0.39 is 0 Å². The number of aryl methyl sites for hydroxylation is 1. The number of amides is 1. The number of rotatable bonds is 5. The molecule has 4 aromatic rings. The molecule has 0 aliphatic carbocycles. The molecule has 3 heterocycles. The van der Waals surface area contributed by atoms with Crippen molar-refractivity contribution in [3.8, 4) is 11.5 Å². The second-order valence-electron chi connectivity index (χ2n) is 7.68. The summed E-state index contributed by atoms with van der Waals surface area (Å²) in [5, 5.41) is 4.93. The molecule has 0 unspecified atom stereocenters. The quantitative estimate of drug-likeness (QED) is 0.408. The minimum atomic E-state index is 0.0647. The fourth-order valence-corrected chi connectivity index (χ4v) is 4.84. The standard InChI is InChI=1S/C25H24N4OS/c1-3-31-23-9-5-4-8-20(23)25(30)28-16-21-22(17-28)26-29(19-12-10-18(2)11-13-19)24(21)27-14-6-7-15-27/h4-15H,3,16-17H2,1-2H3. The van der Waals surface area contributed by atoms with Crippen LogP contribution in [0.5, 0.6) is 0 Å². The Morgan fingerprint density at radius 1 is 1.00 bits per heavy atom. The molecule has 5 rings (SSSR count). The van der Waals surface area contributed by atoms with Crippen molar-refractivity contribution in [2.45, 2.75) is 31.8 Å². The summed E-state index contributed by atoms with van der Waals surface area (Å²) in [5.41, 5.74) is 5.06. The average molecular weight is 429 g/mol. The molecule has 2 aromatic heterocycles. The lowest BCUT2D eigenvalue weighted by atomic mass is 10.2. The molecule has 2 aromatic carbocycles. The molecule has 1 aliphatic rings. The van der Waals surface area contributed by atoms with Gasteiger partial charge in [0.2, 0.25) is 0 Å². The van der Waals surface area contributed by atoms with Crippen molar-refractivity contribution in [2.75, 3.05) is 5.75 Å². The van der Waals surface area contributed by atoms with E-state index in [9.17, 15) is 4.79 Å². The molecule has 0 saturated carbocycles. The topological polar surface area (TPSA) is 43.1 Å². The van der Waals surface area contributed by atoms with Gasteiger partial charge in [0.05, 0.1) is 30.0 Å². The number of carbonyl (C=O) groups excluding carboxylic acids is 1. The monoisotopic (exact) mass is 428 g/mol. The average Bonchev–Trinajstić information content (AvgIpc) is 3.50. The first-order chi connectivity index (χ1) is 15.2. The van der Waals surface area contributed by atoms with Crippen molar-refractivity contribution >= 4 is 17.7 Å². The summed E-state index contributed by atoms with van der Waals surface area (Å²) < 4.78 is 4.08. The molecular weight excluding hydrogens is 404 g/mol. The van der Waals surface area contributed by atoms with E-state index in [1.54, 1.807) is 11.8 Å². The molecule has 0 fully saturated rings. The molecular formula is C25H24N4OS. The summed E-state index contributed by atoms with van der Waals surface area (Å²) in [6, 6.07) is 20.3. The van der Waals surface area contributed by atoms with Gasteiger partial charge in [0, 0.05) is 22.9 Å². The second kappa shape index (κ2) is 8.12. The van der Waals surface area contributed by atoms with Gasteiger partial charge in [-0.25, -0.2) is 4.68 Å². The highest BCUT2D eigenvalue weighted by atomic mass is 32.2. The Morgan fingerprint density at radius 3 is 2.48 bits per heavy atom. The SMILES string of the molecule is CCSc1ccccc1C(=O)N1Cc2nn(-c3ccc(C)cc3)c(-n3cccc3)c2C1. The molecule has 0 N–H and O–H groups in total. The van der Waals surface area contributed by atoms with Crippen molar-refractivity contribution in [1.82, 2.24) is 19.2 Å². The van der Waals surface area contributed by atoms with E-state index >= 15 is 0 Å². The highest BCUT2D eigenvalue weighted by molar-refractivity contribution is 7.99. The van der Waals surface area contributed by atoms with E-state index in [0.717, 1.165) is 39.0 Å². The number of benzene rings is 2. The van der Waals surface area contributed by atoms with Crippen LogP contribution in [0.3, 0.4) is 0 Å². The van der Waals surface area contributed by atoms with Crippen LogP contribution in [0.4, 0.5) is 0 Å².